The van der Waals surface area contributed by atoms with E-state index in [0.717, 1.165) is 0 Å². The molecule has 0 atom stereocenters. The van der Waals surface area contributed by atoms with Gasteiger partial charge in [-0.1, -0.05) is 205 Å². The van der Waals surface area contributed by atoms with E-state index in [1.54, 1.807) is 0 Å². The van der Waals surface area contributed by atoms with Gasteiger partial charge in [0.05, 0.1) is 0 Å². The van der Waals surface area contributed by atoms with Gasteiger partial charge in [-0.05, 0) is 153 Å². The minimum absolute atomic E-state index is 0.0412. The van der Waals surface area contributed by atoms with Crippen molar-refractivity contribution in [1.29, 1.82) is 0 Å². The Bertz CT molecular complexity index is 3350. The topological polar surface area (TPSA) is 0 Å². The Balaban J connectivity index is 0.871. The summed E-state index contributed by atoms with van der Waals surface area (Å²) in [5, 5.41) is 0. The van der Waals surface area contributed by atoms with Gasteiger partial charge in [-0.2, -0.15) is 0 Å². The molecule has 0 aliphatic heterocycles. The third-order valence-corrected chi connectivity index (χ3v) is 15.1. The lowest BCUT2D eigenvalue weighted by Gasteiger charge is -2.24. The second-order valence-electron chi connectivity index (χ2n) is 19.7. The Morgan fingerprint density at radius 3 is 0.825 bits per heavy atom. The van der Waals surface area contributed by atoms with Gasteiger partial charge in [-0.15, -0.1) is 0 Å². The van der Waals surface area contributed by atoms with Gasteiger partial charge >= 0.3 is 0 Å². The van der Waals surface area contributed by atoms with E-state index in [4.69, 9.17) is 0 Å². The molecule has 0 heterocycles. The first kappa shape index (κ1) is 37.7. The second kappa shape index (κ2) is 13.5. The van der Waals surface area contributed by atoms with Crippen molar-refractivity contribution in [3.8, 4) is 89.0 Å². The van der Waals surface area contributed by atoms with Crippen molar-refractivity contribution in [2.45, 2.75) is 57.8 Å². The Morgan fingerprint density at radius 1 is 0.190 bits per heavy atom. The molecule has 302 valence electrons. The number of hydrogen-bond acceptors (Lipinski definition) is 0. The van der Waals surface area contributed by atoms with E-state index in [0.29, 0.717) is 0 Å². The van der Waals surface area contributed by atoms with Crippen LogP contribution in [-0.4, -0.2) is 0 Å². The quantitative estimate of drug-likeness (QED) is 0.163. The Morgan fingerprint density at radius 2 is 0.444 bits per heavy atom. The van der Waals surface area contributed by atoms with Crippen LogP contribution in [0.3, 0.4) is 0 Å². The molecule has 3 aliphatic rings. The summed E-state index contributed by atoms with van der Waals surface area (Å²) in [6.45, 7) is 14.4. The third kappa shape index (κ3) is 5.53. The molecule has 0 amide bonds. The normalized spacial score (nSPS) is 15.2. The molecule has 9 aromatic carbocycles. The molecule has 12 rings (SSSR count). The summed E-state index contributed by atoms with van der Waals surface area (Å²) in [6.07, 6.45) is 0. The van der Waals surface area contributed by atoms with Crippen molar-refractivity contribution < 1.29 is 0 Å². The molecule has 0 bridgehead atoms. The summed E-state index contributed by atoms with van der Waals surface area (Å²) < 4.78 is 0. The minimum Gasteiger partial charge on any atom is -0.0622 e. The van der Waals surface area contributed by atoms with Crippen LogP contribution >= 0.6 is 0 Å². The van der Waals surface area contributed by atoms with E-state index in [2.05, 4.69) is 236 Å². The summed E-state index contributed by atoms with van der Waals surface area (Å²) in [5.74, 6) is 0. The number of rotatable bonds is 5. The first-order valence-corrected chi connectivity index (χ1v) is 22.6. The molecule has 0 unspecified atom stereocenters. The van der Waals surface area contributed by atoms with Gasteiger partial charge in [-0.3, -0.25) is 0 Å². The zero-order valence-electron chi connectivity index (χ0n) is 37.0. The second-order valence-corrected chi connectivity index (χ2v) is 19.7. The predicted octanol–water partition coefficient (Wildman–Crippen LogP) is 16.9. The maximum Gasteiger partial charge on any atom is 0.0159 e. The van der Waals surface area contributed by atoms with Crippen molar-refractivity contribution in [1.82, 2.24) is 0 Å². The zero-order chi connectivity index (χ0) is 42.8. The zero-order valence-corrected chi connectivity index (χ0v) is 37.0. The molecule has 0 fully saturated rings. The van der Waals surface area contributed by atoms with E-state index >= 15 is 0 Å². The lowest BCUT2D eigenvalue weighted by Crippen LogP contribution is -2.15. The number of hydrogen-bond donors (Lipinski definition) is 0. The highest BCUT2D eigenvalue weighted by molar-refractivity contribution is 5.93. The van der Waals surface area contributed by atoms with Crippen molar-refractivity contribution in [3.63, 3.8) is 0 Å². The fraction of sp³-hybridized carbons (Fsp3) is 0.143. The van der Waals surface area contributed by atoms with Gasteiger partial charge < -0.3 is 0 Å². The fourth-order valence-electron chi connectivity index (χ4n) is 11.6. The van der Waals surface area contributed by atoms with Crippen LogP contribution in [0.25, 0.3) is 89.0 Å². The summed E-state index contributed by atoms with van der Waals surface area (Å²) in [4.78, 5) is 0. The van der Waals surface area contributed by atoms with Gasteiger partial charge in [0, 0.05) is 16.2 Å². The summed E-state index contributed by atoms with van der Waals surface area (Å²) >= 11 is 0. The van der Waals surface area contributed by atoms with E-state index < -0.39 is 0 Å². The Kier molecular flexibility index (Phi) is 8.08. The van der Waals surface area contributed by atoms with Crippen molar-refractivity contribution >= 4 is 0 Å². The van der Waals surface area contributed by atoms with E-state index in [9.17, 15) is 0 Å². The molecule has 0 radical (unpaired) electrons. The van der Waals surface area contributed by atoms with Gasteiger partial charge in [0.2, 0.25) is 0 Å². The summed E-state index contributed by atoms with van der Waals surface area (Å²) in [6, 6.07) is 73.2. The largest absolute Gasteiger partial charge is 0.0622 e. The van der Waals surface area contributed by atoms with Gasteiger partial charge in [0.15, 0.2) is 0 Å². The molecular formula is C63H50. The first-order valence-electron chi connectivity index (χ1n) is 22.6. The summed E-state index contributed by atoms with van der Waals surface area (Å²) in [7, 11) is 0. The first-order chi connectivity index (χ1) is 30.5. The van der Waals surface area contributed by atoms with Gasteiger partial charge in [0.25, 0.3) is 0 Å². The molecule has 63 heavy (non-hydrogen) atoms. The van der Waals surface area contributed by atoms with Crippen LogP contribution in [0.5, 0.6) is 0 Å². The molecular weight excluding hydrogens is 757 g/mol. The smallest absolute Gasteiger partial charge is 0.0159 e. The van der Waals surface area contributed by atoms with Crippen LogP contribution < -0.4 is 0 Å². The molecule has 0 saturated heterocycles. The predicted molar refractivity (Wildman–Crippen MR) is 266 cm³/mol. The lowest BCUT2D eigenvalue weighted by atomic mass is 9.79. The van der Waals surface area contributed by atoms with Crippen molar-refractivity contribution in [2.24, 2.45) is 0 Å². The average molecular weight is 807 g/mol. The lowest BCUT2D eigenvalue weighted by molar-refractivity contribution is 0.660. The van der Waals surface area contributed by atoms with Crippen LogP contribution in [0.15, 0.2) is 194 Å². The minimum atomic E-state index is -0.159. The highest BCUT2D eigenvalue weighted by atomic mass is 14.4. The fourth-order valence-corrected chi connectivity index (χ4v) is 11.6. The average Bonchev–Trinajstić information content (AvgIpc) is 3.80. The van der Waals surface area contributed by atoms with Crippen LogP contribution in [-0.2, 0) is 16.2 Å². The molecule has 3 aliphatic carbocycles. The third-order valence-electron chi connectivity index (χ3n) is 15.1. The SMILES string of the molecule is CC1(C)c2ccccc2-c2ccc(-c3ccccc3-c3ccc4c(c3)C(C)(C)c3cc(-c5ccc6c(c5)C(C)(C)c5cc(-c7ccccc7-c7ccccc7)ccc5-6)ccc3-4)cc21. The molecule has 0 spiro atoms. The molecule has 9 aromatic rings. The van der Waals surface area contributed by atoms with Crippen LogP contribution in [0.1, 0.15) is 74.9 Å². The van der Waals surface area contributed by atoms with Crippen molar-refractivity contribution in [2.75, 3.05) is 0 Å². The maximum absolute atomic E-state index is 2.47. The highest BCUT2D eigenvalue weighted by Crippen LogP contribution is 2.54. The maximum atomic E-state index is 2.47. The van der Waals surface area contributed by atoms with Gasteiger partial charge in [0.1, 0.15) is 0 Å². The van der Waals surface area contributed by atoms with Crippen molar-refractivity contribution in [3.05, 3.63) is 228 Å². The van der Waals surface area contributed by atoms with E-state index in [1.165, 1.54) is 122 Å². The molecule has 0 heteroatoms. The number of benzene rings is 9. The highest BCUT2D eigenvalue weighted by Gasteiger charge is 2.39. The summed E-state index contributed by atoms with van der Waals surface area (Å²) in [5.41, 5.74) is 28.8. The van der Waals surface area contributed by atoms with Crippen LogP contribution in [0, 0.1) is 0 Å². The molecule has 0 aromatic heterocycles. The van der Waals surface area contributed by atoms with Crippen LogP contribution in [0.4, 0.5) is 0 Å². The molecule has 0 saturated carbocycles. The molecule has 0 N–H and O–H groups in total. The van der Waals surface area contributed by atoms with Gasteiger partial charge in [-0.25, -0.2) is 0 Å². The Hall–Kier alpha value is -7.02. The number of fused-ring (bicyclic) bond motifs is 9. The van der Waals surface area contributed by atoms with E-state index in [1.807, 2.05) is 0 Å². The standard InChI is InChI=1S/C63H50/c1-61(2)55-23-15-14-22-49(55)50-31-26-43(36-58(50)61)47-20-12-13-21-48(47)44-28-33-54-52-30-25-41(35-57(52)63(5,6)60(54)38-44)40-24-29-51-53-32-27-42(37-59(53)62(3,4)56(51)34-40)46-19-11-10-18-45(46)39-16-8-7-9-17-39/h7-38H,1-6H3. The van der Waals surface area contributed by atoms with Crippen LogP contribution in [0.2, 0.25) is 0 Å². The van der Waals surface area contributed by atoms with E-state index in [-0.39, 0.29) is 16.2 Å². The Labute approximate surface area is 372 Å². The molecule has 0 nitrogen and oxygen atoms in total. The monoisotopic (exact) mass is 806 g/mol.